The van der Waals surface area contributed by atoms with Gasteiger partial charge >= 0.3 is 5.97 Å². The van der Waals surface area contributed by atoms with Crippen LogP contribution in [0.4, 0.5) is 10.1 Å². The summed E-state index contributed by atoms with van der Waals surface area (Å²) < 4.78 is 13.5. The molecular weight excluding hydrogens is 359 g/mol. The first-order chi connectivity index (χ1) is 11.4. The lowest BCUT2D eigenvalue weighted by molar-refractivity contribution is -0.134. The Labute approximate surface area is 147 Å². The molecule has 1 aliphatic heterocycles. The van der Waals surface area contributed by atoms with Gasteiger partial charge in [0.25, 0.3) is 0 Å². The number of carbonyl (C=O) groups excluding carboxylic acids is 2. The summed E-state index contributed by atoms with van der Waals surface area (Å²) in [4.78, 5) is 35.9. The summed E-state index contributed by atoms with van der Waals surface area (Å²) >= 11 is 6.82. The molecule has 1 aliphatic rings. The summed E-state index contributed by atoms with van der Waals surface area (Å²) in [6.07, 6.45) is 0.0539. The summed E-state index contributed by atoms with van der Waals surface area (Å²) in [5, 5.41) is 11.2. The highest BCUT2D eigenvalue weighted by molar-refractivity contribution is 7.99. The van der Waals surface area contributed by atoms with Gasteiger partial charge in [-0.15, -0.1) is 11.8 Å². The number of anilines is 1. The van der Waals surface area contributed by atoms with Crippen LogP contribution in [0.25, 0.3) is 0 Å². The fraction of sp³-hybridized carbons (Fsp3) is 0.400. The number of hydrogen-bond donors (Lipinski definition) is 2. The van der Waals surface area contributed by atoms with E-state index in [2.05, 4.69) is 5.32 Å². The Morgan fingerprint density at radius 2 is 2.21 bits per heavy atom. The number of benzene rings is 1. The molecule has 0 spiro atoms. The maximum Gasteiger partial charge on any atom is 0.313 e. The molecule has 1 aromatic rings. The second-order valence-electron chi connectivity index (χ2n) is 5.24. The number of nitrogens with zero attached hydrogens (tertiary/aromatic N) is 1. The van der Waals surface area contributed by atoms with Crippen LogP contribution in [0.3, 0.4) is 0 Å². The number of halogens is 2. The Morgan fingerprint density at radius 3 is 2.88 bits per heavy atom. The van der Waals surface area contributed by atoms with Gasteiger partial charge in [0.05, 0.1) is 16.7 Å². The van der Waals surface area contributed by atoms with Crippen LogP contribution in [0.1, 0.15) is 6.42 Å². The van der Waals surface area contributed by atoms with Gasteiger partial charge in [-0.1, -0.05) is 11.6 Å². The first-order valence-corrected chi connectivity index (χ1v) is 8.74. The zero-order valence-corrected chi connectivity index (χ0v) is 14.2. The second-order valence-corrected chi connectivity index (χ2v) is 6.75. The number of carboxylic acid groups (broad SMARTS) is 1. The average Bonchev–Trinajstić information content (AvgIpc) is 2.91. The number of hydrogen-bond acceptors (Lipinski definition) is 4. The molecule has 2 amide bonds. The molecule has 1 aromatic carbocycles. The maximum atomic E-state index is 13.5. The topological polar surface area (TPSA) is 86.7 Å². The maximum absolute atomic E-state index is 13.5. The van der Waals surface area contributed by atoms with Crippen LogP contribution < -0.4 is 10.2 Å². The molecule has 1 unspecified atom stereocenters. The minimum absolute atomic E-state index is 0.0201. The molecule has 2 N–H and O–H groups in total. The van der Waals surface area contributed by atoms with E-state index >= 15 is 0 Å². The van der Waals surface area contributed by atoms with Gasteiger partial charge in [0.15, 0.2) is 0 Å². The minimum Gasteiger partial charge on any atom is -0.481 e. The van der Waals surface area contributed by atoms with E-state index in [1.807, 2.05) is 0 Å². The lowest BCUT2D eigenvalue weighted by atomic mass is 10.1. The highest BCUT2D eigenvalue weighted by Gasteiger charge is 2.35. The predicted molar refractivity (Wildman–Crippen MR) is 89.8 cm³/mol. The fourth-order valence-corrected chi connectivity index (χ4v) is 3.02. The molecule has 0 aliphatic carbocycles. The van der Waals surface area contributed by atoms with E-state index in [9.17, 15) is 18.8 Å². The lowest BCUT2D eigenvalue weighted by Gasteiger charge is -2.17. The Hall–Kier alpha value is -1.80. The minimum atomic E-state index is -0.904. The van der Waals surface area contributed by atoms with Gasteiger partial charge in [-0.25, -0.2) is 4.39 Å². The number of carbonyl (C=O) groups is 3. The van der Waals surface area contributed by atoms with Crippen molar-refractivity contribution in [1.82, 2.24) is 5.32 Å². The van der Waals surface area contributed by atoms with Crippen LogP contribution in [0.15, 0.2) is 18.2 Å². The van der Waals surface area contributed by atoms with E-state index in [4.69, 9.17) is 16.7 Å². The first kappa shape index (κ1) is 18.5. The molecule has 6 nitrogen and oxygen atoms in total. The van der Waals surface area contributed by atoms with Crippen molar-refractivity contribution >= 4 is 46.8 Å². The van der Waals surface area contributed by atoms with E-state index in [1.165, 1.54) is 34.9 Å². The van der Waals surface area contributed by atoms with Crippen molar-refractivity contribution in [2.75, 3.05) is 29.5 Å². The number of rotatable bonds is 7. The standard InChI is InChI=1S/C15H16ClFN2O4S/c16-11-2-1-10(6-12(11)17)19-7-9(5-13(19)20)15(23)18-3-4-24-8-14(21)22/h1-2,6,9H,3-5,7-8H2,(H,18,23)(H,21,22). The van der Waals surface area contributed by atoms with Gasteiger partial charge in [-0.05, 0) is 18.2 Å². The molecule has 1 saturated heterocycles. The van der Waals surface area contributed by atoms with E-state index in [0.717, 1.165) is 0 Å². The number of aliphatic carboxylic acids is 1. The van der Waals surface area contributed by atoms with E-state index in [-0.39, 0.29) is 35.6 Å². The summed E-state index contributed by atoms with van der Waals surface area (Å²) in [5.74, 6) is -2.10. The summed E-state index contributed by atoms with van der Waals surface area (Å²) in [6, 6.07) is 4.07. The Morgan fingerprint density at radius 1 is 1.46 bits per heavy atom. The van der Waals surface area contributed by atoms with Crippen molar-refractivity contribution in [3.63, 3.8) is 0 Å². The van der Waals surface area contributed by atoms with Crippen LogP contribution in [0.2, 0.25) is 5.02 Å². The molecular formula is C15H16ClFN2O4S. The second kappa shape index (κ2) is 8.34. The monoisotopic (exact) mass is 374 g/mol. The normalized spacial score (nSPS) is 17.2. The van der Waals surface area contributed by atoms with Crippen LogP contribution in [0, 0.1) is 11.7 Å². The van der Waals surface area contributed by atoms with Crippen LogP contribution >= 0.6 is 23.4 Å². The molecule has 1 fully saturated rings. The van der Waals surface area contributed by atoms with Gasteiger partial charge in [0.2, 0.25) is 11.8 Å². The third kappa shape index (κ3) is 4.85. The third-order valence-corrected chi connectivity index (χ3v) is 4.73. The highest BCUT2D eigenvalue weighted by atomic mass is 35.5. The molecule has 130 valence electrons. The predicted octanol–water partition coefficient (Wildman–Crippen LogP) is 1.77. The van der Waals surface area contributed by atoms with Gasteiger partial charge in [0.1, 0.15) is 5.82 Å². The Kier molecular flexibility index (Phi) is 6.44. The molecule has 0 aromatic heterocycles. The van der Waals surface area contributed by atoms with Gasteiger partial charge in [-0.2, -0.15) is 0 Å². The van der Waals surface area contributed by atoms with Gasteiger partial charge in [-0.3, -0.25) is 14.4 Å². The highest BCUT2D eigenvalue weighted by Crippen LogP contribution is 2.28. The quantitative estimate of drug-likeness (QED) is 0.710. The van der Waals surface area contributed by atoms with E-state index in [1.54, 1.807) is 0 Å². The number of thioether (sulfide) groups is 1. The van der Waals surface area contributed by atoms with Crippen molar-refractivity contribution in [1.29, 1.82) is 0 Å². The fourth-order valence-electron chi connectivity index (χ4n) is 2.34. The summed E-state index contributed by atoms with van der Waals surface area (Å²) in [5.41, 5.74) is 0.370. The molecule has 0 bridgehead atoms. The molecule has 1 atom stereocenters. The first-order valence-electron chi connectivity index (χ1n) is 7.21. The van der Waals surface area contributed by atoms with Crippen molar-refractivity contribution < 1.29 is 23.9 Å². The third-order valence-electron chi connectivity index (χ3n) is 3.48. The zero-order valence-electron chi connectivity index (χ0n) is 12.6. The molecule has 2 rings (SSSR count). The van der Waals surface area contributed by atoms with Crippen molar-refractivity contribution in [3.8, 4) is 0 Å². The summed E-state index contributed by atoms with van der Waals surface area (Å²) in [7, 11) is 0. The molecule has 0 radical (unpaired) electrons. The molecule has 0 saturated carbocycles. The van der Waals surface area contributed by atoms with Crippen molar-refractivity contribution in [2.24, 2.45) is 5.92 Å². The van der Waals surface area contributed by atoms with Crippen LogP contribution in [0.5, 0.6) is 0 Å². The Bertz CT molecular complexity index is 658. The SMILES string of the molecule is O=C(O)CSCCNC(=O)C1CC(=O)N(c2ccc(Cl)c(F)c2)C1. The van der Waals surface area contributed by atoms with Crippen molar-refractivity contribution in [2.45, 2.75) is 6.42 Å². The number of amides is 2. The van der Waals surface area contributed by atoms with Gasteiger partial charge < -0.3 is 15.3 Å². The van der Waals surface area contributed by atoms with Crippen molar-refractivity contribution in [3.05, 3.63) is 29.0 Å². The van der Waals surface area contributed by atoms with Gasteiger partial charge in [0, 0.05) is 31.0 Å². The van der Waals surface area contributed by atoms with Crippen LogP contribution in [-0.2, 0) is 14.4 Å². The largest absolute Gasteiger partial charge is 0.481 e. The smallest absolute Gasteiger partial charge is 0.313 e. The van der Waals surface area contributed by atoms with E-state index < -0.39 is 17.7 Å². The lowest BCUT2D eigenvalue weighted by Crippen LogP contribution is -2.34. The Balaban J connectivity index is 1.86. The zero-order chi connectivity index (χ0) is 17.7. The molecule has 9 heteroatoms. The number of nitrogens with one attached hydrogen (secondary N) is 1. The average molecular weight is 375 g/mol. The molecule has 1 heterocycles. The van der Waals surface area contributed by atoms with Crippen LogP contribution in [-0.4, -0.2) is 47.5 Å². The van der Waals surface area contributed by atoms with E-state index in [0.29, 0.717) is 18.0 Å². The molecule has 24 heavy (non-hydrogen) atoms. The summed E-state index contributed by atoms with van der Waals surface area (Å²) in [6.45, 7) is 0.505. The number of carboxylic acids is 1.